The molecule has 2 aliphatic rings. The molecule has 1 heterocycles. The van der Waals surface area contributed by atoms with Gasteiger partial charge in [0.25, 0.3) is 0 Å². The fourth-order valence-electron chi connectivity index (χ4n) is 3.98. The van der Waals surface area contributed by atoms with Crippen molar-refractivity contribution in [2.24, 2.45) is 16.2 Å². The Bertz CT molecular complexity index is 562. The topological polar surface area (TPSA) is 13.1 Å². The Labute approximate surface area is 124 Å². The summed E-state index contributed by atoms with van der Waals surface area (Å²) in [5, 5.41) is 0. The monoisotopic (exact) mass is 322 g/mol. The van der Waals surface area contributed by atoms with Crippen LogP contribution in [0.1, 0.15) is 58.8 Å². The molecular weight excluding hydrogens is 300 g/mol. The van der Waals surface area contributed by atoms with E-state index in [2.05, 4.69) is 62.7 Å². The second kappa shape index (κ2) is 3.78. The maximum absolute atomic E-state index is 5.85. The molecule has 104 valence electrons. The largest absolute Gasteiger partial charge is 0.454 e. The van der Waals surface area contributed by atoms with Crippen LogP contribution in [-0.2, 0) is 6.42 Å². The standard InChI is InChI=1S/C17H23BrO/c1-15(2)6-7-16(3,4)17(5)10-12-11(8-13(15)17)9-14(18)19-12/h8-9H,6-7,10H2,1-5H3. The lowest BCUT2D eigenvalue weighted by molar-refractivity contribution is 0.0356. The first-order valence-electron chi connectivity index (χ1n) is 7.17. The summed E-state index contributed by atoms with van der Waals surface area (Å²) < 4.78 is 6.71. The minimum Gasteiger partial charge on any atom is -0.454 e. The highest BCUT2D eigenvalue weighted by Gasteiger charge is 2.53. The fraction of sp³-hybridized carbons (Fsp3) is 0.647. The molecular formula is C17H23BrO. The van der Waals surface area contributed by atoms with Crippen LogP contribution in [0.3, 0.4) is 0 Å². The number of furan rings is 1. The molecule has 0 spiro atoms. The van der Waals surface area contributed by atoms with Crippen LogP contribution in [-0.4, -0.2) is 0 Å². The molecule has 2 aliphatic carbocycles. The molecule has 0 amide bonds. The Balaban J connectivity index is 2.21. The van der Waals surface area contributed by atoms with E-state index in [0.29, 0.717) is 10.8 Å². The van der Waals surface area contributed by atoms with Gasteiger partial charge in [-0.2, -0.15) is 0 Å². The van der Waals surface area contributed by atoms with Gasteiger partial charge in [0.2, 0.25) is 0 Å². The predicted octanol–water partition coefficient (Wildman–Crippen LogP) is 5.83. The van der Waals surface area contributed by atoms with Crippen molar-refractivity contribution in [3.8, 4) is 0 Å². The summed E-state index contributed by atoms with van der Waals surface area (Å²) in [7, 11) is 0. The van der Waals surface area contributed by atoms with Gasteiger partial charge in [0.1, 0.15) is 5.76 Å². The van der Waals surface area contributed by atoms with E-state index in [4.69, 9.17) is 4.42 Å². The van der Waals surface area contributed by atoms with Crippen molar-refractivity contribution in [2.45, 2.75) is 53.9 Å². The number of hydrogen-bond acceptors (Lipinski definition) is 1. The normalized spacial score (nSPS) is 31.4. The SMILES string of the molecule is CC1(C)CCC(C)(C)C2(C)Cc3oc(Br)cc3C=C12. The summed E-state index contributed by atoms with van der Waals surface area (Å²) in [5.41, 5.74) is 3.71. The Morgan fingerprint density at radius 1 is 1.11 bits per heavy atom. The Hall–Kier alpha value is -0.500. The highest BCUT2D eigenvalue weighted by molar-refractivity contribution is 9.10. The Morgan fingerprint density at radius 3 is 2.47 bits per heavy atom. The Kier molecular flexibility index (Phi) is 2.68. The van der Waals surface area contributed by atoms with E-state index in [9.17, 15) is 0 Å². The van der Waals surface area contributed by atoms with Crippen LogP contribution in [0, 0.1) is 16.2 Å². The molecule has 1 saturated carbocycles. The van der Waals surface area contributed by atoms with Gasteiger partial charge in [-0.05, 0) is 45.7 Å². The molecule has 0 radical (unpaired) electrons. The van der Waals surface area contributed by atoms with E-state index < -0.39 is 0 Å². The van der Waals surface area contributed by atoms with Gasteiger partial charge in [-0.1, -0.05) is 46.3 Å². The van der Waals surface area contributed by atoms with Crippen LogP contribution in [0.4, 0.5) is 0 Å². The molecule has 1 atom stereocenters. The molecule has 1 fully saturated rings. The van der Waals surface area contributed by atoms with Crippen molar-refractivity contribution >= 4 is 22.0 Å². The molecule has 0 saturated heterocycles. The average Bonchev–Trinajstić information content (AvgIpc) is 2.63. The van der Waals surface area contributed by atoms with Gasteiger partial charge in [-0.15, -0.1) is 0 Å². The summed E-state index contributed by atoms with van der Waals surface area (Å²) in [6, 6.07) is 2.11. The summed E-state index contributed by atoms with van der Waals surface area (Å²) in [6.07, 6.45) is 5.98. The van der Waals surface area contributed by atoms with Gasteiger partial charge < -0.3 is 4.42 Å². The first-order valence-corrected chi connectivity index (χ1v) is 7.96. The van der Waals surface area contributed by atoms with Gasteiger partial charge in [0.05, 0.1) is 0 Å². The zero-order valence-electron chi connectivity index (χ0n) is 12.6. The van der Waals surface area contributed by atoms with E-state index in [1.54, 1.807) is 5.57 Å². The van der Waals surface area contributed by atoms with E-state index in [1.807, 2.05) is 0 Å². The molecule has 0 aliphatic heterocycles. The van der Waals surface area contributed by atoms with Crippen LogP contribution < -0.4 is 0 Å². The lowest BCUT2D eigenvalue weighted by Crippen LogP contribution is -2.48. The first-order chi connectivity index (χ1) is 8.66. The molecule has 1 aromatic heterocycles. The van der Waals surface area contributed by atoms with E-state index >= 15 is 0 Å². The summed E-state index contributed by atoms with van der Waals surface area (Å²) in [4.78, 5) is 0. The number of allylic oxidation sites excluding steroid dienone is 1. The minimum absolute atomic E-state index is 0.207. The molecule has 1 nitrogen and oxygen atoms in total. The molecule has 19 heavy (non-hydrogen) atoms. The second-order valence-corrected chi connectivity index (χ2v) is 8.55. The van der Waals surface area contributed by atoms with E-state index in [-0.39, 0.29) is 5.41 Å². The first kappa shape index (κ1) is 13.5. The predicted molar refractivity (Wildman–Crippen MR) is 83.0 cm³/mol. The molecule has 1 unspecified atom stereocenters. The van der Waals surface area contributed by atoms with Crippen molar-refractivity contribution in [1.29, 1.82) is 0 Å². The van der Waals surface area contributed by atoms with Crippen molar-refractivity contribution in [3.63, 3.8) is 0 Å². The molecule has 1 aromatic rings. The lowest BCUT2D eigenvalue weighted by atomic mass is 9.47. The number of rotatable bonds is 0. The highest BCUT2D eigenvalue weighted by atomic mass is 79.9. The summed E-state index contributed by atoms with van der Waals surface area (Å²) in [5.74, 6) is 1.14. The van der Waals surface area contributed by atoms with Crippen LogP contribution in [0.5, 0.6) is 0 Å². The maximum atomic E-state index is 5.85. The molecule has 0 N–H and O–H groups in total. The third-order valence-electron chi connectivity index (χ3n) is 5.82. The van der Waals surface area contributed by atoms with Crippen molar-refractivity contribution < 1.29 is 4.42 Å². The fourth-order valence-corrected chi connectivity index (χ4v) is 4.42. The smallest absolute Gasteiger partial charge is 0.169 e. The molecule has 0 bridgehead atoms. The Morgan fingerprint density at radius 2 is 1.79 bits per heavy atom. The molecule has 0 aromatic carbocycles. The van der Waals surface area contributed by atoms with E-state index in [1.165, 1.54) is 18.4 Å². The van der Waals surface area contributed by atoms with Crippen LogP contribution >= 0.6 is 15.9 Å². The van der Waals surface area contributed by atoms with Crippen molar-refractivity contribution in [2.75, 3.05) is 0 Å². The van der Waals surface area contributed by atoms with Gasteiger partial charge >= 0.3 is 0 Å². The molecule has 2 heteroatoms. The van der Waals surface area contributed by atoms with Crippen LogP contribution in [0.2, 0.25) is 0 Å². The van der Waals surface area contributed by atoms with Gasteiger partial charge in [0, 0.05) is 17.4 Å². The summed E-state index contributed by atoms with van der Waals surface area (Å²) >= 11 is 3.47. The third-order valence-corrected chi connectivity index (χ3v) is 6.21. The number of fused-ring (bicyclic) bond motifs is 2. The number of hydrogen-bond donors (Lipinski definition) is 0. The number of halogens is 1. The quantitative estimate of drug-likeness (QED) is 0.585. The minimum atomic E-state index is 0.207. The lowest BCUT2D eigenvalue weighted by Gasteiger charge is -2.57. The summed E-state index contributed by atoms with van der Waals surface area (Å²) in [6.45, 7) is 12.1. The second-order valence-electron chi connectivity index (χ2n) is 7.76. The van der Waals surface area contributed by atoms with E-state index in [0.717, 1.165) is 16.9 Å². The van der Waals surface area contributed by atoms with Gasteiger partial charge in [0.15, 0.2) is 4.67 Å². The van der Waals surface area contributed by atoms with Crippen LogP contribution in [0.15, 0.2) is 20.7 Å². The average molecular weight is 323 g/mol. The zero-order chi connectivity index (χ0) is 14.1. The van der Waals surface area contributed by atoms with Crippen molar-refractivity contribution in [1.82, 2.24) is 0 Å². The van der Waals surface area contributed by atoms with Crippen LogP contribution in [0.25, 0.3) is 6.08 Å². The third kappa shape index (κ3) is 1.79. The maximum Gasteiger partial charge on any atom is 0.169 e. The highest BCUT2D eigenvalue weighted by Crippen LogP contribution is 2.63. The van der Waals surface area contributed by atoms with Gasteiger partial charge in [-0.25, -0.2) is 0 Å². The molecule has 3 rings (SSSR count). The van der Waals surface area contributed by atoms with Crippen molar-refractivity contribution in [3.05, 3.63) is 27.6 Å². The van der Waals surface area contributed by atoms with Gasteiger partial charge in [-0.3, -0.25) is 0 Å². The zero-order valence-corrected chi connectivity index (χ0v) is 14.1.